The summed E-state index contributed by atoms with van der Waals surface area (Å²) >= 11 is 6.08. The second kappa shape index (κ2) is 6.53. The molecule has 0 aliphatic carbocycles. The van der Waals surface area contributed by atoms with E-state index < -0.39 is 0 Å². The highest BCUT2D eigenvalue weighted by Gasteiger charge is 2.18. The SMILES string of the molecule is CCNCC(C)(C)CCc1cc(C)c(F)cc1Cl. The molecule has 0 fully saturated rings. The summed E-state index contributed by atoms with van der Waals surface area (Å²) in [6.45, 7) is 10.3. The molecule has 0 radical (unpaired) electrons. The first-order chi connectivity index (χ1) is 8.35. The predicted octanol–water partition coefficient (Wildman–Crippen LogP) is 4.36. The minimum atomic E-state index is -0.226. The van der Waals surface area contributed by atoms with Gasteiger partial charge in [0.15, 0.2) is 0 Å². The van der Waals surface area contributed by atoms with Crippen molar-refractivity contribution in [3.63, 3.8) is 0 Å². The molecule has 1 aromatic rings. The van der Waals surface area contributed by atoms with Crippen molar-refractivity contribution in [3.8, 4) is 0 Å². The van der Waals surface area contributed by atoms with Crippen LogP contribution in [0.1, 0.15) is 38.3 Å². The Hall–Kier alpha value is -0.600. The topological polar surface area (TPSA) is 12.0 Å². The van der Waals surface area contributed by atoms with Crippen molar-refractivity contribution in [1.29, 1.82) is 0 Å². The van der Waals surface area contributed by atoms with Crippen LogP contribution in [-0.2, 0) is 6.42 Å². The smallest absolute Gasteiger partial charge is 0.127 e. The van der Waals surface area contributed by atoms with Gasteiger partial charge in [-0.2, -0.15) is 0 Å². The minimum Gasteiger partial charge on any atom is -0.316 e. The Balaban J connectivity index is 2.66. The third-order valence-electron chi connectivity index (χ3n) is 3.25. The standard InChI is InChI=1S/C15H23ClFN/c1-5-18-10-15(3,4)7-6-12-8-11(2)14(17)9-13(12)16/h8-9,18H,5-7,10H2,1-4H3. The Morgan fingerprint density at radius 3 is 2.61 bits per heavy atom. The summed E-state index contributed by atoms with van der Waals surface area (Å²) in [6.07, 6.45) is 1.92. The molecule has 18 heavy (non-hydrogen) atoms. The molecule has 0 saturated heterocycles. The van der Waals surface area contributed by atoms with E-state index in [0.29, 0.717) is 10.6 Å². The van der Waals surface area contributed by atoms with Crippen molar-refractivity contribution in [1.82, 2.24) is 5.32 Å². The molecule has 0 bridgehead atoms. The van der Waals surface area contributed by atoms with Gasteiger partial charge in [0.2, 0.25) is 0 Å². The fourth-order valence-electron chi connectivity index (χ4n) is 1.93. The molecule has 1 aromatic carbocycles. The molecule has 1 rings (SSSR count). The normalized spacial score (nSPS) is 11.9. The van der Waals surface area contributed by atoms with Gasteiger partial charge in [0.1, 0.15) is 5.82 Å². The van der Waals surface area contributed by atoms with E-state index >= 15 is 0 Å². The lowest BCUT2D eigenvalue weighted by Crippen LogP contribution is -2.29. The van der Waals surface area contributed by atoms with Crippen molar-refractivity contribution in [2.45, 2.75) is 40.5 Å². The van der Waals surface area contributed by atoms with Crippen molar-refractivity contribution < 1.29 is 4.39 Å². The number of nitrogens with one attached hydrogen (secondary N) is 1. The summed E-state index contributed by atoms with van der Waals surface area (Å²) in [5.41, 5.74) is 1.93. The Morgan fingerprint density at radius 1 is 1.33 bits per heavy atom. The molecule has 102 valence electrons. The summed E-state index contributed by atoms with van der Waals surface area (Å²) in [5, 5.41) is 3.91. The first kappa shape index (κ1) is 15.5. The summed E-state index contributed by atoms with van der Waals surface area (Å²) in [5.74, 6) is -0.226. The van der Waals surface area contributed by atoms with Crippen molar-refractivity contribution in [3.05, 3.63) is 34.1 Å². The maximum absolute atomic E-state index is 13.3. The van der Waals surface area contributed by atoms with Crippen LogP contribution in [0.15, 0.2) is 12.1 Å². The summed E-state index contributed by atoms with van der Waals surface area (Å²) in [4.78, 5) is 0. The Kier molecular flexibility index (Phi) is 5.61. The van der Waals surface area contributed by atoms with E-state index in [2.05, 4.69) is 26.1 Å². The second-order valence-electron chi connectivity index (χ2n) is 5.64. The fourth-order valence-corrected chi connectivity index (χ4v) is 2.18. The summed E-state index contributed by atoms with van der Waals surface area (Å²) < 4.78 is 13.3. The Morgan fingerprint density at radius 2 is 2.00 bits per heavy atom. The highest BCUT2D eigenvalue weighted by atomic mass is 35.5. The number of halogens is 2. The van der Waals surface area contributed by atoms with Crippen LogP contribution in [0.2, 0.25) is 5.02 Å². The van der Waals surface area contributed by atoms with E-state index in [1.54, 1.807) is 6.92 Å². The van der Waals surface area contributed by atoms with Crippen molar-refractivity contribution >= 4 is 11.6 Å². The number of aryl methyl sites for hydroxylation is 2. The van der Waals surface area contributed by atoms with E-state index in [-0.39, 0.29) is 11.2 Å². The lowest BCUT2D eigenvalue weighted by molar-refractivity contribution is 0.318. The molecule has 0 heterocycles. The Bertz CT molecular complexity index is 402. The molecule has 1 nitrogen and oxygen atoms in total. The van der Waals surface area contributed by atoms with Crippen LogP contribution in [0.4, 0.5) is 4.39 Å². The van der Waals surface area contributed by atoms with Gasteiger partial charge in [-0.25, -0.2) is 4.39 Å². The second-order valence-corrected chi connectivity index (χ2v) is 6.04. The van der Waals surface area contributed by atoms with E-state index in [4.69, 9.17) is 11.6 Å². The van der Waals surface area contributed by atoms with Gasteiger partial charge >= 0.3 is 0 Å². The van der Waals surface area contributed by atoms with Gasteiger partial charge in [0.25, 0.3) is 0 Å². The van der Waals surface area contributed by atoms with Gasteiger partial charge in [-0.15, -0.1) is 0 Å². The lowest BCUT2D eigenvalue weighted by atomic mass is 9.86. The average Bonchev–Trinajstić information content (AvgIpc) is 2.30. The van der Waals surface area contributed by atoms with E-state index in [1.807, 2.05) is 6.07 Å². The first-order valence-corrected chi connectivity index (χ1v) is 6.89. The van der Waals surface area contributed by atoms with E-state index in [9.17, 15) is 4.39 Å². The molecule has 3 heteroatoms. The zero-order chi connectivity index (χ0) is 13.8. The van der Waals surface area contributed by atoms with Gasteiger partial charge in [-0.3, -0.25) is 0 Å². The molecule has 0 aliphatic heterocycles. The van der Waals surface area contributed by atoms with E-state index in [0.717, 1.165) is 31.5 Å². The third-order valence-corrected chi connectivity index (χ3v) is 3.60. The lowest BCUT2D eigenvalue weighted by Gasteiger charge is -2.25. The van der Waals surface area contributed by atoms with Gasteiger partial charge in [-0.05, 0) is 48.9 Å². The van der Waals surface area contributed by atoms with Gasteiger partial charge < -0.3 is 5.32 Å². The van der Waals surface area contributed by atoms with Gasteiger partial charge in [0.05, 0.1) is 0 Å². The predicted molar refractivity (Wildman–Crippen MR) is 76.8 cm³/mol. The molecule has 0 aliphatic rings. The molecule has 0 spiro atoms. The first-order valence-electron chi connectivity index (χ1n) is 6.51. The van der Waals surface area contributed by atoms with Crippen LogP contribution in [0.5, 0.6) is 0 Å². The zero-order valence-corrected chi connectivity index (χ0v) is 12.5. The van der Waals surface area contributed by atoms with Crippen LogP contribution in [0.25, 0.3) is 0 Å². The molecule has 0 saturated carbocycles. The van der Waals surface area contributed by atoms with Crippen molar-refractivity contribution in [2.24, 2.45) is 5.41 Å². The monoisotopic (exact) mass is 271 g/mol. The van der Waals surface area contributed by atoms with Crippen LogP contribution in [-0.4, -0.2) is 13.1 Å². The summed E-state index contributed by atoms with van der Waals surface area (Å²) in [7, 11) is 0. The van der Waals surface area contributed by atoms with Gasteiger partial charge in [-0.1, -0.05) is 38.4 Å². The van der Waals surface area contributed by atoms with Crippen LogP contribution < -0.4 is 5.32 Å². The molecule has 0 amide bonds. The molecule has 0 unspecified atom stereocenters. The number of benzene rings is 1. The average molecular weight is 272 g/mol. The van der Waals surface area contributed by atoms with Crippen LogP contribution in [0, 0.1) is 18.2 Å². The summed E-state index contributed by atoms with van der Waals surface area (Å²) in [6, 6.07) is 3.28. The maximum atomic E-state index is 13.3. The fraction of sp³-hybridized carbons (Fsp3) is 0.600. The van der Waals surface area contributed by atoms with Crippen molar-refractivity contribution in [2.75, 3.05) is 13.1 Å². The molecule has 1 N–H and O–H groups in total. The maximum Gasteiger partial charge on any atom is 0.127 e. The molecular weight excluding hydrogens is 249 g/mol. The van der Waals surface area contributed by atoms with E-state index in [1.165, 1.54) is 6.07 Å². The number of rotatable bonds is 6. The Labute approximate surface area is 115 Å². The quantitative estimate of drug-likeness (QED) is 0.811. The van der Waals surface area contributed by atoms with Crippen LogP contribution >= 0.6 is 11.6 Å². The minimum absolute atomic E-state index is 0.224. The largest absolute Gasteiger partial charge is 0.316 e. The molecule has 0 aromatic heterocycles. The highest BCUT2D eigenvalue weighted by molar-refractivity contribution is 6.31. The number of hydrogen-bond acceptors (Lipinski definition) is 1. The van der Waals surface area contributed by atoms with Crippen LogP contribution in [0.3, 0.4) is 0 Å². The van der Waals surface area contributed by atoms with Gasteiger partial charge in [0, 0.05) is 11.6 Å². The third kappa shape index (κ3) is 4.58. The molecule has 0 atom stereocenters. The molecular formula is C15H23ClFN. The zero-order valence-electron chi connectivity index (χ0n) is 11.7. The highest BCUT2D eigenvalue weighted by Crippen LogP contribution is 2.27. The number of hydrogen-bond donors (Lipinski definition) is 1.